The van der Waals surface area contributed by atoms with Gasteiger partial charge in [0.15, 0.2) is 0 Å². The number of nitroso groups, excluding NO2 is 1. The number of fused-ring (bicyclic) bond motifs is 1. The fraction of sp³-hybridized carbons (Fsp3) is 1.00. The lowest BCUT2D eigenvalue weighted by molar-refractivity contribution is 0.0620. The molecule has 1 aliphatic carbocycles. The molecule has 3 nitrogen and oxygen atoms in total. The highest BCUT2D eigenvalue weighted by molar-refractivity contribution is 4.85. The van der Waals surface area contributed by atoms with E-state index in [0.29, 0.717) is 6.04 Å². The first-order chi connectivity index (χ1) is 5.92. The molecule has 0 bridgehead atoms. The summed E-state index contributed by atoms with van der Waals surface area (Å²) in [6.07, 6.45) is 7.62. The third-order valence-corrected chi connectivity index (χ3v) is 3.32. The van der Waals surface area contributed by atoms with Crippen LogP contribution >= 0.6 is 0 Å². The Morgan fingerprint density at radius 2 is 1.83 bits per heavy atom. The van der Waals surface area contributed by atoms with Crippen molar-refractivity contribution in [2.75, 3.05) is 6.54 Å². The summed E-state index contributed by atoms with van der Waals surface area (Å²) in [5, 5.41) is 4.90. The molecular weight excluding hydrogens is 152 g/mol. The molecule has 1 saturated carbocycles. The maximum atomic E-state index is 10.5. The fourth-order valence-electron chi connectivity index (χ4n) is 2.70. The Labute approximate surface area is 73.1 Å². The van der Waals surface area contributed by atoms with Gasteiger partial charge in [0.25, 0.3) is 0 Å². The Morgan fingerprint density at radius 1 is 1.08 bits per heavy atom. The summed E-state index contributed by atoms with van der Waals surface area (Å²) < 4.78 is 0. The Balaban J connectivity index is 2.03. The van der Waals surface area contributed by atoms with Gasteiger partial charge in [0.05, 0.1) is 11.3 Å². The topological polar surface area (TPSA) is 32.7 Å². The highest BCUT2D eigenvalue weighted by Gasteiger charge is 2.33. The van der Waals surface area contributed by atoms with Crippen molar-refractivity contribution in [3.05, 3.63) is 4.91 Å². The van der Waals surface area contributed by atoms with E-state index in [-0.39, 0.29) is 0 Å². The molecule has 2 aliphatic rings. The fourth-order valence-corrected chi connectivity index (χ4v) is 2.70. The van der Waals surface area contributed by atoms with Crippen LogP contribution in [-0.2, 0) is 0 Å². The van der Waals surface area contributed by atoms with Crippen molar-refractivity contribution < 1.29 is 0 Å². The molecule has 2 rings (SSSR count). The molecule has 0 aromatic carbocycles. The minimum absolute atomic E-state index is 0.491. The van der Waals surface area contributed by atoms with E-state index in [1.807, 2.05) is 0 Å². The van der Waals surface area contributed by atoms with Crippen molar-refractivity contribution in [1.29, 1.82) is 0 Å². The van der Waals surface area contributed by atoms with Gasteiger partial charge in [-0.25, -0.2) is 0 Å². The average molecular weight is 168 g/mol. The lowest BCUT2D eigenvalue weighted by Gasteiger charge is -2.40. The second kappa shape index (κ2) is 3.42. The number of rotatable bonds is 1. The van der Waals surface area contributed by atoms with Crippen LogP contribution in [0, 0.1) is 10.8 Å². The van der Waals surface area contributed by atoms with E-state index in [4.69, 9.17) is 0 Å². The number of hydrogen-bond donors (Lipinski definition) is 0. The van der Waals surface area contributed by atoms with Crippen LogP contribution in [0.5, 0.6) is 0 Å². The SMILES string of the molecule is O=NN1CCC[C@H]2CCCC[C@@H]21. The van der Waals surface area contributed by atoms with Crippen LogP contribution in [0.3, 0.4) is 0 Å². The molecule has 1 heterocycles. The summed E-state index contributed by atoms with van der Waals surface area (Å²) in [5.41, 5.74) is 0. The zero-order valence-corrected chi connectivity index (χ0v) is 7.41. The molecule has 1 saturated heterocycles. The third kappa shape index (κ3) is 1.32. The molecule has 0 unspecified atom stereocenters. The van der Waals surface area contributed by atoms with Gasteiger partial charge in [-0.3, -0.25) is 5.01 Å². The smallest absolute Gasteiger partial charge is 0.0530 e. The lowest BCUT2D eigenvalue weighted by atomic mass is 9.79. The average Bonchev–Trinajstić information content (AvgIpc) is 2.17. The number of nitrogens with zero attached hydrogens (tertiary/aromatic N) is 2. The highest BCUT2D eigenvalue weighted by atomic mass is 16.3. The zero-order chi connectivity index (χ0) is 8.39. The quantitative estimate of drug-likeness (QED) is 0.563. The molecule has 12 heavy (non-hydrogen) atoms. The molecule has 68 valence electrons. The van der Waals surface area contributed by atoms with E-state index >= 15 is 0 Å². The molecule has 0 spiro atoms. The molecule has 0 amide bonds. The summed E-state index contributed by atoms with van der Waals surface area (Å²) in [4.78, 5) is 10.5. The first-order valence-electron chi connectivity index (χ1n) is 5.02. The van der Waals surface area contributed by atoms with E-state index in [9.17, 15) is 4.91 Å². The van der Waals surface area contributed by atoms with Crippen molar-refractivity contribution in [1.82, 2.24) is 5.01 Å². The van der Waals surface area contributed by atoms with Gasteiger partial charge >= 0.3 is 0 Å². The van der Waals surface area contributed by atoms with Crippen LogP contribution in [0.1, 0.15) is 38.5 Å². The van der Waals surface area contributed by atoms with Crippen LogP contribution in [-0.4, -0.2) is 17.6 Å². The first kappa shape index (κ1) is 8.02. The molecule has 0 radical (unpaired) electrons. The summed E-state index contributed by atoms with van der Waals surface area (Å²) in [6.45, 7) is 0.894. The highest BCUT2D eigenvalue weighted by Crippen LogP contribution is 2.35. The largest absolute Gasteiger partial charge is 0.258 e. The van der Waals surface area contributed by atoms with Crippen molar-refractivity contribution in [3.63, 3.8) is 0 Å². The molecule has 2 atom stereocenters. The van der Waals surface area contributed by atoms with Gasteiger partial charge in [0.1, 0.15) is 0 Å². The normalized spacial score (nSPS) is 35.8. The van der Waals surface area contributed by atoms with E-state index in [2.05, 4.69) is 5.29 Å². The van der Waals surface area contributed by atoms with Crippen LogP contribution in [0.25, 0.3) is 0 Å². The van der Waals surface area contributed by atoms with Crippen LogP contribution < -0.4 is 0 Å². The molecule has 0 N–H and O–H groups in total. The summed E-state index contributed by atoms with van der Waals surface area (Å²) in [5.74, 6) is 0.769. The lowest BCUT2D eigenvalue weighted by Crippen LogP contribution is -2.43. The second-order valence-electron chi connectivity index (χ2n) is 4.00. The van der Waals surface area contributed by atoms with Gasteiger partial charge < -0.3 is 0 Å². The van der Waals surface area contributed by atoms with Gasteiger partial charge in [0, 0.05) is 6.54 Å². The van der Waals surface area contributed by atoms with Crippen molar-refractivity contribution >= 4 is 0 Å². The number of hydrogen-bond acceptors (Lipinski definition) is 2. The minimum Gasteiger partial charge on any atom is -0.258 e. The van der Waals surface area contributed by atoms with E-state index in [1.54, 1.807) is 5.01 Å². The van der Waals surface area contributed by atoms with Crippen LogP contribution in [0.4, 0.5) is 0 Å². The molecule has 0 aromatic heterocycles. The van der Waals surface area contributed by atoms with E-state index in [1.165, 1.54) is 32.1 Å². The Kier molecular flexibility index (Phi) is 2.28. The maximum Gasteiger partial charge on any atom is 0.0530 e. The predicted molar refractivity (Wildman–Crippen MR) is 47.5 cm³/mol. The van der Waals surface area contributed by atoms with E-state index in [0.717, 1.165) is 18.9 Å². The van der Waals surface area contributed by atoms with Crippen molar-refractivity contribution in [3.8, 4) is 0 Å². The van der Waals surface area contributed by atoms with Gasteiger partial charge in [-0.2, -0.15) is 0 Å². The monoisotopic (exact) mass is 168 g/mol. The maximum absolute atomic E-state index is 10.5. The first-order valence-corrected chi connectivity index (χ1v) is 5.02. The van der Waals surface area contributed by atoms with Gasteiger partial charge in [-0.1, -0.05) is 12.8 Å². The molecule has 1 aliphatic heterocycles. The predicted octanol–water partition coefficient (Wildman–Crippen LogP) is 2.32. The Morgan fingerprint density at radius 3 is 2.67 bits per heavy atom. The third-order valence-electron chi connectivity index (χ3n) is 3.32. The van der Waals surface area contributed by atoms with Crippen molar-refractivity contribution in [2.24, 2.45) is 11.2 Å². The van der Waals surface area contributed by atoms with Gasteiger partial charge in [-0.05, 0) is 31.6 Å². The number of piperidine rings is 1. The van der Waals surface area contributed by atoms with Crippen molar-refractivity contribution in [2.45, 2.75) is 44.6 Å². The van der Waals surface area contributed by atoms with Gasteiger partial charge in [0.2, 0.25) is 0 Å². The Bertz CT molecular complexity index is 170. The molecule has 3 heteroatoms. The summed E-state index contributed by atoms with van der Waals surface area (Å²) >= 11 is 0. The zero-order valence-electron chi connectivity index (χ0n) is 7.41. The summed E-state index contributed by atoms with van der Waals surface area (Å²) in [7, 11) is 0. The standard InChI is InChI=1S/C9H16N2O/c12-10-11-7-3-5-8-4-1-2-6-9(8)11/h8-9H,1-7H2/t8-,9+/m1/s1. The Hall–Kier alpha value is -0.600. The van der Waals surface area contributed by atoms with Crippen LogP contribution in [0.2, 0.25) is 0 Å². The minimum atomic E-state index is 0.491. The summed E-state index contributed by atoms with van der Waals surface area (Å²) in [6, 6.07) is 0.491. The molecule has 2 fully saturated rings. The molecule has 0 aromatic rings. The van der Waals surface area contributed by atoms with Gasteiger partial charge in [-0.15, -0.1) is 4.91 Å². The molecular formula is C9H16N2O. The second-order valence-corrected chi connectivity index (χ2v) is 4.00. The van der Waals surface area contributed by atoms with E-state index < -0.39 is 0 Å². The van der Waals surface area contributed by atoms with Crippen LogP contribution in [0.15, 0.2) is 5.29 Å².